The molecule has 1 heterocycles. The highest BCUT2D eigenvalue weighted by Gasteiger charge is 2.07. The molecule has 0 radical (unpaired) electrons. The highest BCUT2D eigenvalue weighted by atomic mass is 19.1. The Labute approximate surface area is 103 Å². The van der Waals surface area contributed by atoms with Crippen molar-refractivity contribution in [2.24, 2.45) is 11.5 Å². The highest BCUT2D eigenvalue weighted by Crippen LogP contribution is 2.12. The number of halogens is 1. The van der Waals surface area contributed by atoms with Gasteiger partial charge in [-0.1, -0.05) is 6.07 Å². The first-order valence-electron chi connectivity index (χ1n) is 5.40. The minimum atomic E-state index is -0.558. The first-order valence-corrected chi connectivity index (χ1v) is 5.40. The molecule has 6 heteroatoms. The summed E-state index contributed by atoms with van der Waals surface area (Å²) in [4.78, 5) is 10.9. The summed E-state index contributed by atoms with van der Waals surface area (Å²) >= 11 is 0. The van der Waals surface area contributed by atoms with Crippen molar-refractivity contribution in [2.75, 3.05) is 0 Å². The minimum Gasteiger partial charge on any atom is -0.366 e. The van der Waals surface area contributed by atoms with E-state index in [0.717, 1.165) is 5.56 Å². The number of benzene rings is 1. The lowest BCUT2D eigenvalue weighted by atomic mass is 10.1. The largest absolute Gasteiger partial charge is 0.366 e. The molecule has 94 valence electrons. The van der Waals surface area contributed by atoms with Gasteiger partial charge in [0.1, 0.15) is 5.82 Å². The first kappa shape index (κ1) is 12.3. The molecule has 2 rings (SSSR count). The van der Waals surface area contributed by atoms with E-state index >= 15 is 0 Å². The molecule has 0 bridgehead atoms. The van der Waals surface area contributed by atoms with Crippen molar-refractivity contribution in [3.05, 3.63) is 53.1 Å². The number of hydrogen-bond donors (Lipinski definition) is 2. The summed E-state index contributed by atoms with van der Waals surface area (Å²) in [6, 6.07) is 4.69. The number of primary amides is 1. The van der Waals surface area contributed by atoms with Crippen LogP contribution in [-0.2, 0) is 13.1 Å². The second-order valence-corrected chi connectivity index (χ2v) is 3.92. The molecule has 0 aliphatic heterocycles. The van der Waals surface area contributed by atoms with Crippen molar-refractivity contribution in [1.29, 1.82) is 0 Å². The fraction of sp³-hybridized carbons (Fsp3) is 0.167. The zero-order valence-corrected chi connectivity index (χ0v) is 9.64. The fourth-order valence-electron chi connectivity index (χ4n) is 1.63. The van der Waals surface area contributed by atoms with E-state index in [1.165, 1.54) is 23.1 Å². The second kappa shape index (κ2) is 4.97. The van der Waals surface area contributed by atoms with Crippen molar-refractivity contribution in [3.8, 4) is 0 Å². The molecule has 2 aromatic rings. The minimum absolute atomic E-state index is 0.229. The van der Waals surface area contributed by atoms with Crippen LogP contribution in [0.4, 0.5) is 4.39 Å². The Morgan fingerprint density at radius 2 is 2.22 bits per heavy atom. The third-order valence-corrected chi connectivity index (χ3v) is 2.60. The number of hydrogen-bond acceptors (Lipinski definition) is 3. The zero-order chi connectivity index (χ0) is 13.1. The molecular weight excluding hydrogens is 235 g/mol. The van der Waals surface area contributed by atoms with Gasteiger partial charge in [-0.3, -0.25) is 9.48 Å². The van der Waals surface area contributed by atoms with Gasteiger partial charge < -0.3 is 11.5 Å². The van der Waals surface area contributed by atoms with Crippen molar-refractivity contribution in [1.82, 2.24) is 9.78 Å². The molecule has 0 unspecified atom stereocenters. The van der Waals surface area contributed by atoms with Crippen LogP contribution in [0.3, 0.4) is 0 Å². The summed E-state index contributed by atoms with van der Waals surface area (Å²) in [6.45, 7) is 0.575. The molecule has 0 aliphatic rings. The van der Waals surface area contributed by atoms with Crippen molar-refractivity contribution in [3.63, 3.8) is 0 Å². The van der Waals surface area contributed by atoms with E-state index in [-0.39, 0.29) is 12.4 Å². The summed E-state index contributed by atoms with van der Waals surface area (Å²) in [5.74, 6) is -0.888. The predicted octanol–water partition coefficient (Wildman–Crippen LogP) is 0.628. The number of rotatable bonds is 4. The summed E-state index contributed by atoms with van der Waals surface area (Å²) in [7, 11) is 0. The molecule has 0 spiro atoms. The molecule has 18 heavy (non-hydrogen) atoms. The van der Waals surface area contributed by atoms with Crippen LogP contribution in [0.15, 0.2) is 30.6 Å². The van der Waals surface area contributed by atoms with Gasteiger partial charge in [0, 0.05) is 18.3 Å². The van der Waals surface area contributed by atoms with E-state index < -0.39 is 5.91 Å². The van der Waals surface area contributed by atoms with Crippen LogP contribution in [-0.4, -0.2) is 15.7 Å². The lowest BCUT2D eigenvalue weighted by Crippen LogP contribution is -2.10. The maximum Gasteiger partial charge on any atom is 0.251 e. The average Bonchev–Trinajstić information content (AvgIpc) is 2.81. The molecule has 0 aliphatic carbocycles. The molecule has 0 fully saturated rings. The van der Waals surface area contributed by atoms with E-state index in [1.807, 2.05) is 0 Å². The van der Waals surface area contributed by atoms with E-state index in [9.17, 15) is 9.18 Å². The average molecular weight is 248 g/mol. The van der Waals surface area contributed by atoms with Gasteiger partial charge in [0.2, 0.25) is 0 Å². The van der Waals surface area contributed by atoms with Gasteiger partial charge in [-0.05, 0) is 17.7 Å². The quantitative estimate of drug-likeness (QED) is 0.831. The summed E-state index contributed by atoms with van der Waals surface area (Å²) in [5.41, 5.74) is 12.2. The van der Waals surface area contributed by atoms with E-state index in [2.05, 4.69) is 5.10 Å². The van der Waals surface area contributed by atoms with Gasteiger partial charge in [0.15, 0.2) is 0 Å². The van der Waals surface area contributed by atoms with Crippen LogP contribution in [0.1, 0.15) is 21.5 Å². The smallest absolute Gasteiger partial charge is 0.251 e. The fourth-order valence-corrected chi connectivity index (χ4v) is 1.63. The number of nitrogens with two attached hydrogens (primary N) is 2. The third kappa shape index (κ3) is 2.54. The molecule has 5 nitrogen and oxygen atoms in total. The third-order valence-electron chi connectivity index (χ3n) is 2.60. The van der Waals surface area contributed by atoms with Crippen LogP contribution in [0.25, 0.3) is 0 Å². The first-order chi connectivity index (χ1) is 8.60. The number of amides is 1. The monoisotopic (exact) mass is 248 g/mol. The van der Waals surface area contributed by atoms with E-state index in [1.54, 1.807) is 12.1 Å². The molecule has 1 amide bonds. The van der Waals surface area contributed by atoms with Gasteiger partial charge >= 0.3 is 0 Å². The zero-order valence-electron chi connectivity index (χ0n) is 9.64. The Hall–Kier alpha value is -2.21. The molecule has 1 aromatic carbocycles. The van der Waals surface area contributed by atoms with Crippen molar-refractivity contribution in [2.45, 2.75) is 13.1 Å². The van der Waals surface area contributed by atoms with Crippen LogP contribution < -0.4 is 11.5 Å². The number of carbonyl (C=O) groups excluding carboxylic acids is 1. The van der Waals surface area contributed by atoms with Crippen molar-refractivity contribution >= 4 is 5.91 Å². The topological polar surface area (TPSA) is 86.9 Å². The van der Waals surface area contributed by atoms with Crippen LogP contribution >= 0.6 is 0 Å². The van der Waals surface area contributed by atoms with Crippen molar-refractivity contribution < 1.29 is 9.18 Å². The van der Waals surface area contributed by atoms with Gasteiger partial charge in [-0.2, -0.15) is 5.10 Å². The number of carbonyl (C=O) groups is 1. The predicted molar refractivity (Wildman–Crippen MR) is 64.1 cm³/mol. The Bertz CT molecular complexity index is 579. The molecule has 0 atom stereocenters. The Kier molecular flexibility index (Phi) is 3.38. The van der Waals surface area contributed by atoms with Gasteiger partial charge in [0.05, 0.1) is 18.3 Å². The van der Waals surface area contributed by atoms with Gasteiger partial charge in [0.25, 0.3) is 5.91 Å². The van der Waals surface area contributed by atoms with Crippen LogP contribution in [0.2, 0.25) is 0 Å². The Morgan fingerprint density at radius 3 is 2.83 bits per heavy atom. The molecular formula is C12H13FN4O. The van der Waals surface area contributed by atoms with Crippen LogP contribution in [0.5, 0.6) is 0 Å². The summed E-state index contributed by atoms with van der Waals surface area (Å²) in [6.07, 6.45) is 2.84. The maximum absolute atomic E-state index is 13.6. The lowest BCUT2D eigenvalue weighted by molar-refractivity contribution is 0.1000. The lowest BCUT2D eigenvalue weighted by Gasteiger charge is -2.05. The van der Waals surface area contributed by atoms with Crippen LogP contribution in [0, 0.1) is 5.82 Å². The Morgan fingerprint density at radius 1 is 1.44 bits per heavy atom. The van der Waals surface area contributed by atoms with E-state index in [4.69, 9.17) is 11.5 Å². The molecule has 0 saturated heterocycles. The normalized spacial score (nSPS) is 10.6. The SMILES string of the molecule is NCc1ccc(F)c(Cn2cc(C(N)=O)cn2)c1. The summed E-state index contributed by atoms with van der Waals surface area (Å²) in [5, 5.41) is 3.95. The Balaban J connectivity index is 2.24. The highest BCUT2D eigenvalue weighted by molar-refractivity contribution is 5.92. The summed E-state index contributed by atoms with van der Waals surface area (Å²) < 4.78 is 15.0. The standard InChI is InChI=1S/C12H13FN4O/c13-11-2-1-8(4-14)3-9(11)6-17-7-10(5-16-17)12(15)18/h1-3,5,7H,4,6,14H2,(H2,15,18). The van der Waals surface area contributed by atoms with Gasteiger partial charge in [-0.25, -0.2) is 4.39 Å². The number of aromatic nitrogens is 2. The second-order valence-electron chi connectivity index (χ2n) is 3.92. The number of nitrogens with zero attached hydrogens (tertiary/aromatic N) is 2. The van der Waals surface area contributed by atoms with Gasteiger partial charge in [-0.15, -0.1) is 0 Å². The van der Waals surface area contributed by atoms with E-state index in [0.29, 0.717) is 17.7 Å². The maximum atomic E-state index is 13.6. The molecule has 4 N–H and O–H groups in total. The molecule has 1 aromatic heterocycles. The molecule has 0 saturated carbocycles.